The Labute approximate surface area is 107 Å². The maximum atomic E-state index is 4.36. The van der Waals surface area contributed by atoms with Gasteiger partial charge in [0.2, 0.25) is 0 Å². The number of rotatable bonds is 6. The summed E-state index contributed by atoms with van der Waals surface area (Å²) in [6.45, 7) is 6.65. The van der Waals surface area contributed by atoms with Crippen LogP contribution in [0.5, 0.6) is 0 Å². The highest BCUT2D eigenvalue weighted by molar-refractivity contribution is 5.00. The van der Waals surface area contributed by atoms with Crippen molar-refractivity contribution in [1.29, 1.82) is 0 Å². The third-order valence-corrected chi connectivity index (χ3v) is 2.93. The van der Waals surface area contributed by atoms with Crippen molar-refractivity contribution in [3.05, 3.63) is 29.9 Å². The van der Waals surface area contributed by atoms with Crippen LogP contribution < -0.4 is 5.32 Å². The van der Waals surface area contributed by atoms with Crippen LogP contribution in [0.3, 0.4) is 0 Å². The smallest absolute Gasteiger partial charge is 0.152 e. The van der Waals surface area contributed by atoms with Crippen molar-refractivity contribution in [2.45, 2.75) is 33.4 Å². The molecule has 18 heavy (non-hydrogen) atoms. The van der Waals surface area contributed by atoms with Gasteiger partial charge >= 0.3 is 0 Å². The van der Waals surface area contributed by atoms with Crippen molar-refractivity contribution in [2.24, 2.45) is 7.05 Å². The van der Waals surface area contributed by atoms with Gasteiger partial charge in [0, 0.05) is 19.8 Å². The molecule has 0 aliphatic rings. The molecular weight excluding hydrogens is 228 g/mol. The van der Waals surface area contributed by atoms with Crippen molar-refractivity contribution >= 4 is 0 Å². The largest absolute Gasteiger partial charge is 0.329 e. The molecule has 0 radical (unpaired) electrons. The van der Waals surface area contributed by atoms with Crippen molar-refractivity contribution in [3.63, 3.8) is 0 Å². The summed E-state index contributed by atoms with van der Waals surface area (Å²) in [6, 6.07) is 0. The quantitative estimate of drug-likeness (QED) is 0.771. The lowest BCUT2D eigenvalue weighted by Gasteiger charge is -2.02. The van der Waals surface area contributed by atoms with Crippen LogP contribution in [0.4, 0.5) is 0 Å². The predicted molar refractivity (Wildman–Crippen MR) is 69.1 cm³/mol. The maximum absolute atomic E-state index is 4.36. The zero-order chi connectivity index (χ0) is 13.0. The Kier molecular flexibility index (Phi) is 4.09. The zero-order valence-electron chi connectivity index (χ0n) is 11.2. The molecule has 0 aliphatic heterocycles. The summed E-state index contributed by atoms with van der Waals surface area (Å²) >= 11 is 0. The number of aromatic nitrogens is 5. The van der Waals surface area contributed by atoms with Crippen LogP contribution in [0, 0.1) is 6.92 Å². The van der Waals surface area contributed by atoms with E-state index in [1.165, 1.54) is 0 Å². The number of hydrogen-bond donors (Lipinski definition) is 1. The second-order valence-corrected chi connectivity index (χ2v) is 4.44. The first kappa shape index (κ1) is 12.8. The van der Waals surface area contributed by atoms with Gasteiger partial charge < -0.3 is 14.5 Å². The molecule has 6 heteroatoms. The Morgan fingerprint density at radius 2 is 2.17 bits per heavy atom. The summed E-state index contributed by atoms with van der Waals surface area (Å²) in [5.41, 5.74) is 1.06. The number of imidazole rings is 1. The Hall–Kier alpha value is -1.69. The summed E-state index contributed by atoms with van der Waals surface area (Å²) in [5, 5.41) is 11.5. The lowest BCUT2D eigenvalue weighted by atomic mass is 10.4. The molecule has 6 nitrogen and oxygen atoms in total. The number of aryl methyl sites for hydroxylation is 1. The molecule has 0 spiro atoms. The summed E-state index contributed by atoms with van der Waals surface area (Å²) in [7, 11) is 1.98. The third kappa shape index (κ3) is 2.95. The standard InChI is InChI=1S/C12H20N6/c1-4-5-13-6-11-7-18(9-14-11)8-12-16-15-10(2)17(12)3/h7,9,13H,4-6,8H2,1-3H3. The molecule has 0 bridgehead atoms. The van der Waals surface area contributed by atoms with E-state index in [1.54, 1.807) is 0 Å². The van der Waals surface area contributed by atoms with Gasteiger partial charge in [0.05, 0.1) is 18.6 Å². The molecular formula is C12H20N6. The zero-order valence-corrected chi connectivity index (χ0v) is 11.2. The van der Waals surface area contributed by atoms with Crippen molar-refractivity contribution in [3.8, 4) is 0 Å². The molecule has 0 atom stereocenters. The first-order valence-electron chi connectivity index (χ1n) is 6.27. The van der Waals surface area contributed by atoms with E-state index in [1.807, 2.05) is 35.6 Å². The highest BCUT2D eigenvalue weighted by Gasteiger charge is 2.06. The lowest BCUT2D eigenvalue weighted by molar-refractivity contribution is 0.663. The van der Waals surface area contributed by atoms with Gasteiger partial charge in [0.1, 0.15) is 5.82 Å². The molecule has 1 N–H and O–H groups in total. The van der Waals surface area contributed by atoms with Gasteiger partial charge in [-0.1, -0.05) is 6.92 Å². The van der Waals surface area contributed by atoms with Crippen LogP contribution in [-0.2, 0) is 20.1 Å². The average molecular weight is 248 g/mol. The Balaban J connectivity index is 1.96. The minimum absolute atomic E-state index is 0.706. The Bertz CT molecular complexity index is 498. The molecule has 2 rings (SSSR count). The van der Waals surface area contributed by atoms with E-state index in [0.717, 1.165) is 36.9 Å². The average Bonchev–Trinajstić information content (AvgIpc) is 2.92. The van der Waals surface area contributed by atoms with Crippen LogP contribution in [0.1, 0.15) is 30.7 Å². The molecule has 2 aromatic rings. The molecule has 0 saturated heterocycles. The highest BCUT2D eigenvalue weighted by Crippen LogP contribution is 2.03. The summed E-state index contributed by atoms with van der Waals surface area (Å²) in [4.78, 5) is 4.36. The molecule has 0 aliphatic carbocycles. The molecule has 2 heterocycles. The fourth-order valence-electron chi connectivity index (χ4n) is 1.73. The molecule has 0 amide bonds. The van der Waals surface area contributed by atoms with Gasteiger partial charge in [-0.15, -0.1) is 10.2 Å². The maximum Gasteiger partial charge on any atom is 0.152 e. The van der Waals surface area contributed by atoms with Crippen molar-refractivity contribution in [1.82, 2.24) is 29.6 Å². The third-order valence-electron chi connectivity index (χ3n) is 2.93. The van der Waals surface area contributed by atoms with Gasteiger partial charge in [-0.2, -0.15) is 0 Å². The van der Waals surface area contributed by atoms with E-state index in [4.69, 9.17) is 0 Å². The summed E-state index contributed by atoms with van der Waals surface area (Å²) in [6.07, 6.45) is 5.03. The van der Waals surface area contributed by atoms with E-state index >= 15 is 0 Å². The SMILES string of the molecule is CCCNCc1cn(Cc2nnc(C)n2C)cn1. The number of hydrogen-bond acceptors (Lipinski definition) is 4. The molecule has 0 unspecified atom stereocenters. The van der Waals surface area contributed by atoms with Crippen LogP contribution in [0.2, 0.25) is 0 Å². The van der Waals surface area contributed by atoms with E-state index in [-0.39, 0.29) is 0 Å². The fraction of sp³-hybridized carbons (Fsp3) is 0.583. The second kappa shape index (κ2) is 5.77. The van der Waals surface area contributed by atoms with Gasteiger partial charge in [0.15, 0.2) is 5.82 Å². The molecule has 98 valence electrons. The van der Waals surface area contributed by atoms with Crippen LogP contribution in [0.25, 0.3) is 0 Å². The molecule has 0 fully saturated rings. The highest BCUT2D eigenvalue weighted by atomic mass is 15.3. The van der Waals surface area contributed by atoms with E-state index in [2.05, 4.69) is 27.4 Å². The summed E-state index contributed by atoms with van der Waals surface area (Å²) < 4.78 is 4.03. The van der Waals surface area contributed by atoms with E-state index < -0.39 is 0 Å². The van der Waals surface area contributed by atoms with E-state index in [0.29, 0.717) is 6.54 Å². The Morgan fingerprint density at radius 3 is 2.83 bits per heavy atom. The topological polar surface area (TPSA) is 60.6 Å². The predicted octanol–water partition coefficient (Wildman–Crippen LogP) is 0.868. The van der Waals surface area contributed by atoms with E-state index in [9.17, 15) is 0 Å². The monoisotopic (exact) mass is 248 g/mol. The van der Waals surface area contributed by atoms with Crippen molar-refractivity contribution in [2.75, 3.05) is 6.54 Å². The van der Waals surface area contributed by atoms with Gasteiger partial charge in [-0.3, -0.25) is 0 Å². The van der Waals surface area contributed by atoms with Crippen molar-refractivity contribution < 1.29 is 0 Å². The number of nitrogens with one attached hydrogen (secondary N) is 1. The second-order valence-electron chi connectivity index (χ2n) is 4.44. The first-order chi connectivity index (χ1) is 8.70. The lowest BCUT2D eigenvalue weighted by Crippen LogP contribution is -2.14. The van der Waals surface area contributed by atoms with Gasteiger partial charge in [-0.25, -0.2) is 4.98 Å². The van der Waals surface area contributed by atoms with Gasteiger partial charge in [-0.05, 0) is 19.9 Å². The Morgan fingerprint density at radius 1 is 1.33 bits per heavy atom. The minimum atomic E-state index is 0.706. The summed E-state index contributed by atoms with van der Waals surface area (Å²) in [5.74, 6) is 1.87. The minimum Gasteiger partial charge on any atom is -0.329 e. The van der Waals surface area contributed by atoms with Crippen LogP contribution >= 0.6 is 0 Å². The fourth-order valence-corrected chi connectivity index (χ4v) is 1.73. The van der Waals surface area contributed by atoms with Crippen LogP contribution in [0.15, 0.2) is 12.5 Å². The number of nitrogens with zero attached hydrogens (tertiary/aromatic N) is 5. The molecule has 0 aromatic carbocycles. The first-order valence-corrected chi connectivity index (χ1v) is 6.27. The normalized spacial score (nSPS) is 11.1. The van der Waals surface area contributed by atoms with Crippen LogP contribution in [-0.4, -0.2) is 30.9 Å². The van der Waals surface area contributed by atoms with Gasteiger partial charge in [0.25, 0.3) is 0 Å². The molecule has 2 aromatic heterocycles. The molecule has 0 saturated carbocycles.